The number of benzene rings is 1. The van der Waals surface area contributed by atoms with Gasteiger partial charge in [-0.05, 0) is 38.7 Å². The Morgan fingerprint density at radius 3 is 2.42 bits per heavy atom. The minimum absolute atomic E-state index is 0.194. The van der Waals surface area contributed by atoms with Crippen molar-refractivity contribution in [3.63, 3.8) is 0 Å². The van der Waals surface area contributed by atoms with Crippen LogP contribution in [-0.2, 0) is 11.3 Å². The number of aliphatic hydroxyl groups is 1. The zero-order valence-corrected chi connectivity index (χ0v) is 16.8. The summed E-state index contributed by atoms with van der Waals surface area (Å²) in [6.45, 7) is 12.2. The number of hydrogen-bond donors (Lipinski definition) is 1. The van der Waals surface area contributed by atoms with E-state index >= 15 is 0 Å². The highest BCUT2D eigenvalue weighted by molar-refractivity contribution is 5.68. The van der Waals surface area contributed by atoms with Crippen LogP contribution in [-0.4, -0.2) is 58.4 Å². The van der Waals surface area contributed by atoms with Gasteiger partial charge in [0.05, 0.1) is 12.6 Å². The van der Waals surface area contributed by atoms with Crippen molar-refractivity contribution in [2.24, 2.45) is 5.92 Å². The number of hydrogen-bond acceptors (Lipinski definition) is 4. The molecule has 0 aromatic heterocycles. The molecule has 0 spiro atoms. The van der Waals surface area contributed by atoms with Crippen LogP contribution in [0.15, 0.2) is 30.3 Å². The Bertz CT molecular complexity index is 568. The molecule has 1 aliphatic rings. The molecule has 0 bridgehead atoms. The van der Waals surface area contributed by atoms with E-state index in [1.54, 1.807) is 4.90 Å². The molecular weight excluding hydrogens is 328 g/mol. The molecule has 1 unspecified atom stereocenters. The van der Waals surface area contributed by atoms with Crippen LogP contribution in [0.1, 0.15) is 46.6 Å². The monoisotopic (exact) mass is 362 g/mol. The maximum absolute atomic E-state index is 12.6. The Kier molecular flexibility index (Phi) is 7.07. The Labute approximate surface area is 157 Å². The van der Waals surface area contributed by atoms with Crippen molar-refractivity contribution in [2.75, 3.05) is 19.6 Å². The summed E-state index contributed by atoms with van der Waals surface area (Å²) >= 11 is 0. The van der Waals surface area contributed by atoms with Gasteiger partial charge in [-0.2, -0.15) is 0 Å². The summed E-state index contributed by atoms with van der Waals surface area (Å²) < 4.78 is 5.55. The first kappa shape index (κ1) is 20.7. The zero-order chi connectivity index (χ0) is 19.3. The maximum atomic E-state index is 12.6. The van der Waals surface area contributed by atoms with Gasteiger partial charge in [-0.1, -0.05) is 44.2 Å². The van der Waals surface area contributed by atoms with Crippen LogP contribution in [0.25, 0.3) is 0 Å². The average Bonchev–Trinajstić information content (AvgIpc) is 2.65. The molecule has 0 radical (unpaired) electrons. The molecule has 1 aromatic rings. The van der Waals surface area contributed by atoms with Gasteiger partial charge in [0, 0.05) is 25.7 Å². The van der Waals surface area contributed by atoms with Gasteiger partial charge < -0.3 is 14.7 Å². The van der Waals surface area contributed by atoms with E-state index in [4.69, 9.17) is 4.74 Å². The first-order chi connectivity index (χ1) is 12.1. The minimum atomic E-state index is -0.580. The molecule has 0 aliphatic carbocycles. The smallest absolute Gasteiger partial charge is 0.410 e. The Hall–Kier alpha value is -1.59. The van der Waals surface area contributed by atoms with Crippen LogP contribution in [0, 0.1) is 5.92 Å². The first-order valence-electron chi connectivity index (χ1n) is 9.58. The maximum Gasteiger partial charge on any atom is 0.410 e. The molecule has 5 heteroatoms. The number of nitrogens with zero attached hydrogens (tertiary/aromatic N) is 2. The standard InChI is InChI=1S/C21H34N2O3/c1-16(2)11-18-13-23(20(25)26-21(3,4)5)15-19(24)14-22(18)12-17-9-7-6-8-10-17/h6-10,16,18-19,24H,11-15H2,1-5H3/t18?,19-/m1/s1. The summed E-state index contributed by atoms with van der Waals surface area (Å²) in [4.78, 5) is 16.6. The highest BCUT2D eigenvalue weighted by Gasteiger charge is 2.33. The molecule has 2 atom stereocenters. The van der Waals surface area contributed by atoms with Gasteiger partial charge >= 0.3 is 6.09 Å². The molecule has 0 saturated carbocycles. The van der Waals surface area contributed by atoms with Crippen molar-refractivity contribution in [2.45, 2.75) is 65.3 Å². The molecule has 1 N–H and O–H groups in total. The highest BCUT2D eigenvalue weighted by Crippen LogP contribution is 2.21. The van der Waals surface area contributed by atoms with Crippen molar-refractivity contribution in [3.8, 4) is 0 Å². The van der Waals surface area contributed by atoms with Gasteiger partial charge in [0.25, 0.3) is 0 Å². The second-order valence-corrected chi connectivity index (χ2v) is 8.74. The van der Waals surface area contributed by atoms with E-state index in [1.807, 2.05) is 39.0 Å². The molecule has 1 aliphatic heterocycles. The molecule has 5 nitrogen and oxygen atoms in total. The predicted molar refractivity (Wildman–Crippen MR) is 104 cm³/mol. The third-order valence-electron chi connectivity index (χ3n) is 4.45. The Morgan fingerprint density at radius 2 is 1.85 bits per heavy atom. The van der Waals surface area contributed by atoms with Gasteiger partial charge in [-0.3, -0.25) is 4.90 Å². The quantitative estimate of drug-likeness (QED) is 0.890. The number of ether oxygens (including phenoxy) is 1. The van der Waals surface area contributed by atoms with Crippen LogP contribution >= 0.6 is 0 Å². The van der Waals surface area contributed by atoms with E-state index < -0.39 is 11.7 Å². The SMILES string of the molecule is CC(C)CC1CN(C(=O)OC(C)(C)C)C[C@H](O)CN1Cc1ccccc1. The summed E-state index contributed by atoms with van der Waals surface area (Å²) in [5, 5.41) is 10.5. The van der Waals surface area contributed by atoms with Crippen LogP contribution < -0.4 is 0 Å². The van der Waals surface area contributed by atoms with E-state index in [9.17, 15) is 9.90 Å². The number of carbonyl (C=O) groups excluding carboxylic acids is 1. The zero-order valence-electron chi connectivity index (χ0n) is 16.8. The molecule has 1 saturated heterocycles. The largest absolute Gasteiger partial charge is 0.444 e. The Morgan fingerprint density at radius 1 is 1.19 bits per heavy atom. The first-order valence-corrected chi connectivity index (χ1v) is 9.58. The highest BCUT2D eigenvalue weighted by atomic mass is 16.6. The lowest BCUT2D eigenvalue weighted by Crippen LogP contribution is -2.44. The third kappa shape index (κ3) is 6.61. The summed E-state index contributed by atoms with van der Waals surface area (Å²) in [6.07, 6.45) is 0.0500. The van der Waals surface area contributed by atoms with Gasteiger partial charge in [0.15, 0.2) is 0 Å². The van der Waals surface area contributed by atoms with Gasteiger partial charge in [-0.25, -0.2) is 4.79 Å². The summed E-state index contributed by atoms with van der Waals surface area (Å²) in [5.41, 5.74) is 0.685. The van der Waals surface area contributed by atoms with Gasteiger partial charge in [0.2, 0.25) is 0 Å². The van der Waals surface area contributed by atoms with Crippen molar-refractivity contribution < 1.29 is 14.6 Å². The molecule has 146 valence electrons. The lowest BCUT2D eigenvalue weighted by atomic mass is 10.0. The number of rotatable bonds is 4. The normalized spacial score (nSPS) is 22.3. The molecule has 1 amide bonds. The lowest BCUT2D eigenvalue weighted by Gasteiger charge is -2.33. The number of β-amino-alcohol motifs (C(OH)–C–C–N with tert-alkyl or cyclic N) is 1. The van der Waals surface area contributed by atoms with Gasteiger partial charge in [-0.15, -0.1) is 0 Å². The predicted octanol–water partition coefficient (Wildman–Crippen LogP) is 3.51. The summed E-state index contributed by atoms with van der Waals surface area (Å²) in [7, 11) is 0. The second kappa shape index (κ2) is 8.87. The lowest BCUT2D eigenvalue weighted by molar-refractivity contribution is 0.0171. The second-order valence-electron chi connectivity index (χ2n) is 8.74. The van der Waals surface area contributed by atoms with E-state index in [2.05, 4.69) is 30.9 Å². The number of carbonyl (C=O) groups is 1. The molecule has 1 aromatic carbocycles. The van der Waals surface area contributed by atoms with Crippen molar-refractivity contribution in [3.05, 3.63) is 35.9 Å². The van der Waals surface area contributed by atoms with E-state index in [0.29, 0.717) is 25.6 Å². The van der Waals surface area contributed by atoms with Crippen molar-refractivity contribution in [1.82, 2.24) is 9.80 Å². The third-order valence-corrected chi connectivity index (χ3v) is 4.45. The van der Waals surface area contributed by atoms with Crippen LogP contribution in [0.2, 0.25) is 0 Å². The molecule has 1 fully saturated rings. The van der Waals surface area contributed by atoms with Crippen molar-refractivity contribution >= 4 is 6.09 Å². The Balaban J connectivity index is 2.17. The van der Waals surface area contributed by atoms with Crippen LogP contribution in [0.4, 0.5) is 4.79 Å². The fraction of sp³-hybridized carbons (Fsp3) is 0.667. The summed E-state index contributed by atoms with van der Waals surface area (Å²) in [5.74, 6) is 0.508. The van der Waals surface area contributed by atoms with E-state index in [1.165, 1.54) is 5.56 Å². The fourth-order valence-electron chi connectivity index (χ4n) is 3.43. The van der Waals surface area contributed by atoms with Gasteiger partial charge in [0.1, 0.15) is 5.60 Å². The number of amides is 1. The summed E-state index contributed by atoms with van der Waals surface area (Å²) in [6, 6.07) is 10.5. The minimum Gasteiger partial charge on any atom is -0.444 e. The van der Waals surface area contributed by atoms with E-state index in [-0.39, 0.29) is 12.1 Å². The number of aliphatic hydroxyl groups excluding tert-OH is 1. The van der Waals surface area contributed by atoms with Crippen molar-refractivity contribution in [1.29, 1.82) is 0 Å². The average molecular weight is 363 g/mol. The topological polar surface area (TPSA) is 53.0 Å². The molecule has 2 rings (SSSR count). The van der Waals surface area contributed by atoms with Crippen LogP contribution in [0.5, 0.6) is 0 Å². The molecule has 1 heterocycles. The fourth-order valence-corrected chi connectivity index (χ4v) is 3.43. The van der Waals surface area contributed by atoms with E-state index in [0.717, 1.165) is 13.0 Å². The van der Waals surface area contributed by atoms with Crippen LogP contribution in [0.3, 0.4) is 0 Å². The molecule has 26 heavy (non-hydrogen) atoms. The molecular formula is C21H34N2O3.